The van der Waals surface area contributed by atoms with Gasteiger partial charge in [0.1, 0.15) is 5.69 Å². The third kappa shape index (κ3) is 4.34. The first-order chi connectivity index (χ1) is 12.4. The lowest BCUT2D eigenvalue weighted by Gasteiger charge is -2.20. The Bertz CT molecular complexity index is 772. The zero-order chi connectivity index (χ0) is 16.9. The summed E-state index contributed by atoms with van der Waals surface area (Å²) in [6.45, 7) is 6.32. The van der Waals surface area contributed by atoms with Crippen molar-refractivity contribution in [3.05, 3.63) is 58.7 Å². The summed E-state index contributed by atoms with van der Waals surface area (Å²) in [6.07, 6.45) is 4.75. The Labute approximate surface area is 151 Å². The number of nitrogens with zero attached hydrogens (tertiary/aromatic N) is 4. The van der Waals surface area contributed by atoms with Crippen LogP contribution in [0.25, 0.3) is 11.3 Å². The monoisotopic (exact) mass is 354 g/mol. The third-order valence-electron chi connectivity index (χ3n) is 4.56. The van der Waals surface area contributed by atoms with E-state index in [0.29, 0.717) is 0 Å². The average molecular weight is 354 g/mol. The van der Waals surface area contributed by atoms with Gasteiger partial charge in [-0.25, -0.2) is 0 Å². The van der Waals surface area contributed by atoms with Crippen LogP contribution >= 0.6 is 11.3 Å². The van der Waals surface area contributed by atoms with Crippen molar-refractivity contribution >= 4 is 11.3 Å². The molecule has 5 nitrogen and oxygen atoms in total. The van der Waals surface area contributed by atoms with Crippen LogP contribution in [0.15, 0.2) is 52.6 Å². The maximum Gasteiger partial charge on any atom is 0.151 e. The molecule has 0 saturated carbocycles. The van der Waals surface area contributed by atoms with E-state index in [0.717, 1.165) is 56.3 Å². The van der Waals surface area contributed by atoms with Crippen molar-refractivity contribution in [2.45, 2.75) is 19.5 Å². The second-order valence-corrected chi connectivity index (χ2v) is 7.43. The lowest BCUT2D eigenvalue weighted by atomic mass is 10.2. The molecule has 4 heterocycles. The number of aromatic nitrogens is 2. The van der Waals surface area contributed by atoms with Crippen molar-refractivity contribution < 1.29 is 4.52 Å². The van der Waals surface area contributed by atoms with Crippen LogP contribution in [0.4, 0.5) is 0 Å². The van der Waals surface area contributed by atoms with E-state index >= 15 is 0 Å². The molecule has 1 saturated heterocycles. The second kappa shape index (κ2) is 7.91. The van der Waals surface area contributed by atoms with E-state index in [1.807, 2.05) is 29.5 Å². The van der Waals surface area contributed by atoms with Gasteiger partial charge in [0.25, 0.3) is 0 Å². The number of rotatable bonds is 5. The molecule has 0 radical (unpaired) electrons. The van der Waals surface area contributed by atoms with Gasteiger partial charge >= 0.3 is 0 Å². The summed E-state index contributed by atoms with van der Waals surface area (Å²) in [7, 11) is 0. The maximum atomic E-state index is 5.55. The molecule has 0 unspecified atom stereocenters. The highest BCUT2D eigenvalue weighted by molar-refractivity contribution is 7.09. The minimum atomic E-state index is 0.824. The fraction of sp³-hybridized carbons (Fsp3) is 0.368. The van der Waals surface area contributed by atoms with Gasteiger partial charge in [-0.3, -0.25) is 14.8 Å². The lowest BCUT2D eigenvalue weighted by Crippen LogP contribution is -2.30. The van der Waals surface area contributed by atoms with Crippen LogP contribution in [0, 0.1) is 0 Å². The normalized spacial score (nSPS) is 16.8. The predicted octanol–water partition coefficient (Wildman–Crippen LogP) is 3.51. The van der Waals surface area contributed by atoms with E-state index in [1.165, 1.54) is 11.3 Å². The molecule has 0 N–H and O–H groups in total. The molecule has 6 heteroatoms. The summed E-state index contributed by atoms with van der Waals surface area (Å²) in [5, 5.41) is 6.36. The first-order valence-electron chi connectivity index (χ1n) is 8.70. The first kappa shape index (κ1) is 16.4. The van der Waals surface area contributed by atoms with Crippen LogP contribution in [0.5, 0.6) is 0 Å². The molecular formula is C19H22N4OS. The summed E-state index contributed by atoms with van der Waals surface area (Å²) < 4.78 is 5.55. The molecular weight excluding hydrogens is 332 g/mol. The number of hydrogen-bond acceptors (Lipinski definition) is 6. The van der Waals surface area contributed by atoms with Crippen molar-refractivity contribution in [3.8, 4) is 11.3 Å². The summed E-state index contributed by atoms with van der Waals surface area (Å²) in [5.41, 5.74) is 1.93. The molecule has 4 rings (SSSR count). The molecule has 0 bridgehead atoms. The Kier molecular flexibility index (Phi) is 5.20. The van der Waals surface area contributed by atoms with Crippen LogP contribution in [-0.4, -0.2) is 46.1 Å². The highest BCUT2D eigenvalue weighted by atomic mass is 32.1. The Morgan fingerprint density at radius 1 is 1.00 bits per heavy atom. The minimum Gasteiger partial charge on any atom is -0.359 e. The molecule has 1 aliphatic rings. The molecule has 3 aromatic rings. The van der Waals surface area contributed by atoms with Crippen LogP contribution in [0.2, 0.25) is 0 Å². The van der Waals surface area contributed by atoms with Gasteiger partial charge in [-0.05, 0) is 43.1 Å². The van der Waals surface area contributed by atoms with Crippen LogP contribution in [0.3, 0.4) is 0 Å². The van der Waals surface area contributed by atoms with Gasteiger partial charge in [0, 0.05) is 48.5 Å². The van der Waals surface area contributed by atoms with E-state index in [1.54, 1.807) is 12.4 Å². The van der Waals surface area contributed by atoms with Gasteiger partial charge in [-0.1, -0.05) is 11.2 Å². The van der Waals surface area contributed by atoms with Gasteiger partial charge in [0.05, 0.1) is 6.54 Å². The summed E-state index contributed by atoms with van der Waals surface area (Å²) >= 11 is 1.84. The molecule has 130 valence electrons. The highest BCUT2D eigenvalue weighted by Gasteiger charge is 2.17. The predicted molar refractivity (Wildman–Crippen MR) is 99.2 cm³/mol. The number of thiophene rings is 1. The Hall–Kier alpha value is -2.02. The first-order valence-corrected chi connectivity index (χ1v) is 9.58. The number of hydrogen-bond donors (Lipinski definition) is 0. The van der Waals surface area contributed by atoms with Gasteiger partial charge in [0.2, 0.25) is 0 Å². The molecule has 0 spiro atoms. The summed E-state index contributed by atoms with van der Waals surface area (Å²) in [6, 6.07) is 10.3. The standard InChI is InChI=1S/C19H22N4OS/c1-3-18(25-12-1)15-23-9-2-8-22(10-11-23)14-17-13-19(21-24-17)16-4-6-20-7-5-16/h1,3-7,12-13H,2,8-11,14-15H2. The summed E-state index contributed by atoms with van der Waals surface area (Å²) in [4.78, 5) is 10.5. The molecule has 1 fully saturated rings. The van der Waals surface area contributed by atoms with Crippen molar-refractivity contribution in [3.63, 3.8) is 0 Å². The van der Waals surface area contributed by atoms with E-state index in [-0.39, 0.29) is 0 Å². The largest absolute Gasteiger partial charge is 0.359 e. The molecule has 1 aliphatic heterocycles. The topological polar surface area (TPSA) is 45.4 Å². The highest BCUT2D eigenvalue weighted by Crippen LogP contribution is 2.20. The molecule has 0 aliphatic carbocycles. The van der Waals surface area contributed by atoms with Crippen molar-refractivity contribution in [2.24, 2.45) is 0 Å². The minimum absolute atomic E-state index is 0.824. The van der Waals surface area contributed by atoms with Crippen LogP contribution in [0.1, 0.15) is 17.1 Å². The van der Waals surface area contributed by atoms with Crippen LogP contribution < -0.4 is 0 Å². The zero-order valence-electron chi connectivity index (χ0n) is 14.2. The van der Waals surface area contributed by atoms with Crippen molar-refractivity contribution in [2.75, 3.05) is 26.2 Å². The van der Waals surface area contributed by atoms with Crippen molar-refractivity contribution in [1.29, 1.82) is 0 Å². The van der Waals surface area contributed by atoms with E-state index < -0.39 is 0 Å². The fourth-order valence-corrected chi connectivity index (χ4v) is 3.98. The molecule has 3 aromatic heterocycles. The Morgan fingerprint density at radius 3 is 2.56 bits per heavy atom. The SMILES string of the molecule is c1csc(CN2CCCN(Cc3cc(-c4ccncc4)no3)CC2)c1. The smallest absolute Gasteiger partial charge is 0.151 e. The van der Waals surface area contributed by atoms with Crippen molar-refractivity contribution in [1.82, 2.24) is 19.9 Å². The second-order valence-electron chi connectivity index (χ2n) is 6.40. The van der Waals surface area contributed by atoms with E-state index in [9.17, 15) is 0 Å². The quantitative estimate of drug-likeness (QED) is 0.702. The third-order valence-corrected chi connectivity index (χ3v) is 5.42. The van der Waals surface area contributed by atoms with Gasteiger partial charge in [-0.2, -0.15) is 0 Å². The van der Waals surface area contributed by atoms with Gasteiger partial charge in [0.15, 0.2) is 5.76 Å². The Balaban J connectivity index is 1.33. The average Bonchev–Trinajstić information content (AvgIpc) is 3.27. The number of pyridine rings is 1. The van der Waals surface area contributed by atoms with Gasteiger partial charge < -0.3 is 4.52 Å². The summed E-state index contributed by atoms with van der Waals surface area (Å²) in [5.74, 6) is 0.929. The van der Waals surface area contributed by atoms with Gasteiger partial charge in [-0.15, -0.1) is 11.3 Å². The van der Waals surface area contributed by atoms with E-state index in [4.69, 9.17) is 4.52 Å². The van der Waals surface area contributed by atoms with Crippen LogP contribution in [-0.2, 0) is 13.1 Å². The lowest BCUT2D eigenvalue weighted by molar-refractivity contribution is 0.226. The zero-order valence-corrected chi connectivity index (χ0v) is 15.0. The maximum absolute atomic E-state index is 5.55. The molecule has 25 heavy (non-hydrogen) atoms. The molecule has 0 atom stereocenters. The Morgan fingerprint density at radius 2 is 1.80 bits per heavy atom. The van der Waals surface area contributed by atoms with E-state index in [2.05, 4.69) is 37.5 Å². The fourth-order valence-electron chi connectivity index (χ4n) is 3.23. The molecule has 0 amide bonds. The molecule has 0 aromatic carbocycles.